The van der Waals surface area contributed by atoms with Crippen LogP contribution in [0.1, 0.15) is 23.1 Å². The van der Waals surface area contributed by atoms with Crippen LogP contribution in [0.2, 0.25) is 0 Å². The summed E-state index contributed by atoms with van der Waals surface area (Å²) in [6.07, 6.45) is 0.138. The number of hydrogen-bond acceptors (Lipinski definition) is 6. The van der Waals surface area contributed by atoms with Crippen molar-refractivity contribution in [2.45, 2.75) is 13.3 Å². The minimum atomic E-state index is -0.495. The smallest absolute Gasteiger partial charge is 0.357 e. The van der Waals surface area contributed by atoms with E-state index in [9.17, 15) is 9.59 Å². The zero-order chi connectivity index (χ0) is 16.9. The van der Waals surface area contributed by atoms with Crippen molar-refractivity contribution in [2.24, 2.45) is 0 Å². The van der Waals surface area contributed by atoms with Crippen molar-refractivity contribution in [3.63, 3.8) is 0 Å². The Labute approximate surface area is 142 Å². The summed E-state index contributed by atoms with van der Waals surface area (Å²) in [5.41, 5.74) is 1.72. The van der Waals surface area contributed by atoms with Crippen LogP contribution in [0.25, 0.3) is 10.9 Å². The summed E-state index contributed by atoms with van der Waals surface area (Å²) < 4.78 is 4.87. The second-order valence-electron chi connectivity index (χ2n) is 4.98. The van der Waals surface area contributed by atoms with E-state index in [0.717, 1.165) is 10.9 Å². The van der Waals surface area contributed by atoms with Crippen LogP contribution in [0.15, 0.2) is 41.8 Å². The van der Waals surface area contributed by atoms with Gasteiger partial charge in [0.05, 0.1) is 24.2 Å². The highest BCUT2D eigenvalue weighted by Crippen LogP contribution is 2.17. The van der Waals surface area contributed by atoms with Crippen molar-refractivity contribution >= 4 is 39.2 Å². The summed E-state index contributed by atoms with van der Waals surface area (Å²) in [4.78, 5) is 32.2. The largest absolute Gasteiger partial charge is 0.461 e. The molecule has 6 nitrogen and oxygen atoms in total. The first-order valence-electron chi connectivity index (χ1n) is 7.43. The molecular formula is C17H15N3O3S. The lowest BCUT2D eigenvalue weighted by molar-refractivity contribution is -0.115. The van der Waals surface area contributed by atoms with Crippen molar-refractivity contribution in [3.8, 4) is 0 Å². The molecule has 0 saturated heterocycles. The van der Waals surface area contributed by atoms with Gasteiger partial charge in [-0.2, -0.15) is 0 Å². The van der Waals surface area contributed by atoms with Gasteiger partial charge in [0, 0.05) is 10.8 Å². The van der Waals surface area contributed by atoms with E-state index in [2.05, 4.69) is 15.3 Å². The van der Waals surface area contributed by atoms with Gasteiger partial charge in [-0.05, 0) is 19.1 Å². The Bertz CT molecular complexity index is 891. The second kappa shape index (κ2) is 7.18. The predicted molar refractivity (Wildman–Crippen MR) is 92.1 cm³/mol. The Kier molecular flexibility index (Phi) is 4.81. The molecule has 0 aliphatic heterocycles. The third-order valence-corrected chi connectivity index (χ3v) is 3.99. The minimum absolute atomic E-state index is 0.138. The van der Waals surface area contributed by atoms with E-state index in [1.165, 1.54) is 11.3 Å². The van der Waals surface area contributed by atoms with Gasteiger partial charge < -0.3 is 10.1 Å². The molecule has 1 N–H and O–H groups in total. The van der Waals surface area contributed by atoms with Gasteiger partial charge in [-0.3, -0.25) is 9.78 Å². The Morgan fingerprint density at radius 1 is 1.17 bits per heavy atom. The van der Waals surface area contributed by atoms with Crippen LogP contribution in [0.5, 0.6) is 0 Å². The summed E-state index contributed by atoms with van der Waals surface area (Å²) in [5, 5.41) is 5.63. The van der Waals surface area contributed by atoms with Crippen molar-refractivity contribution in [1.82, 2.24) is 9.97 Å². The van der Waals surface area contributed by atoms with Gasteiger partial charge in [0.2, 0.25) is 5.91 Å². The van der Waals surface area contributed by atoms with Crippen LogP contribution in [-0.4, -0.2) is 28.5 Å². The molecule has 1 aromatic carbocycles. The molecule has 7 heteroatoms. The predicted octanol–water partition coefficient (Wildman–Crippen LogP) is 3.05. The molecule has 2 aromatic heterocycles. The molecular weight excluding hydrogens is 326 g/mol. The maximum atomic E-state index is 12.1. The van der Waals surface area contributed by atoms with E-state index in [1.54, 1.807) is 12.3 Å². The highest BCUT2D eigenvalue weighted by molar-refractivity contribution is 7.14. The average Bonchev–Trinajstić information content (AvgIpc) is 3.03. The highest BCUT2D eigenvalue weighted by atomic mass is 32.1. The molecule has 3 rings (SSSR count). The van der Waals surface area contributed by atoms with Crippen molar-refractivity contribution in [1.29, 1.82) is 0 Å². The Balaban J connectivity index is 1.65. The number of fused-ring (bicyclic) bond motifs is 1. The number of hydrogen-bond donors (Lipinski definition) is 1. The summed E-state index contributed by atoms with van der Waals surface area (Å²) in [5.74, 6) is -0.729. The fourth-order valence-electron chi connectivity index (χ4n) is 2.16. The van der Waals surface area contributed by atoms with Crippen LogP contribution in [0.3, 0.4) is 0 Å². The minimum Gasteiger partial charge on any atom is -0.461 e. The number of nitrogens with one attached hydrogen (secondary N) is 1. The molecule has 0 bridgehead atoms. The van der Waals surface area contributed by atoms with Gasteiger partial charge in [-0.15, -0.1) is 11.3 Å². The molecule has 0 spiro atoms. The molecule has 1 amide bonds. The summed E-state index contributed by atoms with van der Waals surface area (Å²) in [6, 6.07) is 11.5. The summed E-state index contributed by atoms with van der Waals surface area (Å²) in [6.45, 7) is 2.01. The molecule has 122 valence electrons. The lowest BCUT2D eigenvalue weighted by Crippen LogP contribution is -2.15. The van der Waals surface area contributed by atoms with E-state index in [1.807, 2.05) is 36.4 Å². The number of rotatable bonds is 5. The van der Waals surface area contributed by atoms with Crippen LogP contribution in [0.4, 0.5) is 5.13 Å². The zero-order valence-electron chi connectivity index (χ0n) is 13.0. The molecule has 0 saturated carbocycles. The van der Waals surface area contributed by atoms with Gasteiger partial charge in [0.25, 0.3) is 0 Å². The second-order valence-corrected chi connectivity index (χ2v) is 5.84. The number of esters is 1. The number of ether oxygens (including phenoxy) is 1. The number of carbonyl (C=O) groups excluding carboxylic acids is 2. The van der Waals surface area contributed by atoms with Crippen LogP contribution >= 0.6 is 11.3 Å². The van der Waals surface area contributed by atoms with E-state index < -0.39 is 5.97 Å². The third kappa shape index (κ3) is 3.75. The topological polar surface area (TPSA) is 81.2 Å². The molecule has 3 aromatic rings. The van der Waals surface area contributed by atoms with Gasteiger partial charge >= 0.3 is 5.97 Å². The van der Waals surface area contributed by atoms with E-state index in [-0.39, 0.29) is 24.6 Å². The zero-order valence-corrected chi connectivity index (χ0v) is 13.8. The van der Waals surface area contributed by atoms with Gasteiger partial charge in [0.1, 0.15) is 0 Å². The van der Waals surface area contributed by atoms with Gasteiger partial charge in [0.15, 0.2) is 10.8 Å². The first-order chi connectivity index (χ1) is 11.7. The lowest BCUT2D eigenvalue weighted by atomic mass is 10.2. The Morgan fingerprint density at radius 3 is 2.83 bits per heavy atom. The van der Waals surface area contributed by atoms with E-state index >= 15 is 0 Å². The normalized spacial score (nSPS) is 10.5. The first kappa shape index (κ1) is 16.1. The van der Waals surface area contributed by atoms with Gasteiger partial charge in [-0.25, -0.2) is 9.78 Å². The number of para-hydroxylation sites is 1. The lowest BCUT2D eigenvalue weighted by Gasteiger charge is -2.03. The number of benzene rings is 1. The number of amides is 1. The molecule has 0 radical (unpaired) electrons. The van der Waals surface area contributed by atoms with Crippen molar-refractivity contribution in [3.05, 3.63) is 53.2 Å². The Hall–Kier alpha value is -2.80. The number of anilines is 1. The number of aromatic nitrogens is 2. The fourth-order valence-corrected chi connectivity index (χ4v) is 2.86. The molecule has 24 heavy (non-hydrogen) atoms. The SMILES string of the molecule is CCOC(=O)c1csc(NC(=O)Cc2ccc3ccccc3n2)n1. The van der Waals surface area contributed by atoms with Gasteiger partial charge in [-0.1, -0.05) is 24.3 Å². The number of pyridine rings is 1. The maximum Gasteiger partial charge on any atom is 0.357 e. The molecule has 0 aliphatic rings. The number of carbonyl (C=O) groups is 2. The van der Waals surface area contributed by atoms with Crippen LogP contribution in [-0.2, 0) is 16.0 Å². The molecule has 0 unspecified atom stereocenters. The third-order valence-electron chi connectivity index (χ3n) is 3.23. The molecule has 0 aliphatic carbocycles. The number of nitrogens with zero attached hydrogens (tertiary/aromatic N) is 2. The van der Waals surface area contributed by atoms with Crippen molar-refractivity contribution < 1.29 is 14.3 Å². The number of thiazole rings is 1. The van der Waals surface area contributed by atoms with Crippen LogP contribution < -0.4 is 5.32 Å². The molecule has 0 fully saturated rings. The monoisotopic (exact) mass is 341 g/mol. The van der Waals surface area contributed by atoms with E-state index in [4.69, 9.17) is 4.74 Å². The van der Waals surface area contributed by atoms with E-state index in [0.29, 0.717) is 10.8 Å². The summed E-state index contributed by atoms with van der Waals surface area (Å²) >= 11 is 1.18. The quantitative estimate of drug-likeness (QED) is 0.721. The molecule has 2 heterocycles. The van der Waals surface area contributed by atoms with Crippen LogP contribution in [0, 0.1) is 0 Å². The standard InChI is InChI=1S/C17H15N3O3S/c1-2-23-16(22)14-10-24-17(19-14)20-15(21)9-12-8-7-11-5-3-4-6-13(11)18-12/h3-8,10H,2,9H2,1H3,(H,19,20,21). The van der Waals surface area contributed by atoms with Crippen molar-refractivity contribution in [2.75, 3.05) is 11.9 Å². The maximum absolute atomic E-state index is 12.1. The highest BCUT2D eigenvalue weighted by Gasteiger charge is 2.13. The first-order valence-corrected chi connectivity index (χ1v) is 8.31. The average molecular weight is 341 g/mol. The molecule has 0 atom stereocenters. The summed E-state index contributed by atoms with van der Waals surface area (Å²) in [7, 11) is 0. The Morgan fingerprint density at radius 2 is 2.00 bits per heavy atom. The fraction of sp³-hybridized carbons (Fsp3) is 0.176.